The third-order valence-electron chi connectivity index (χ3n) is 7.67. The lowest BCUT2D eigenvalue weighted by Gasteiger charge is -2.39. The van der Waals surface area contributed by atoms with E-state index in [2.05, 4.69) is 6.92 Å². The van der Waals surface area contributed by atoms with E-state index in [0.717, 1.165) is 31.2 Å². The van der Waals surface area contributed by atoms with Crippen molar-refractivity contribution in [2.24, 2.45) is 5.92 Å². The van der Waals surface area contributed by atoms with Crippen molar-refractivity contribution < 1.29 is 22.4 Å². The summed E-state index contributed by atoms with van der Waals surface area (Å²) in [4.78, 5) is 30.4. The van der Waals surface area contributed by atoms with Gasteiger partial charge in [0.2, 0.25) is 21.8 Å². The van der Waals surface area contributed by atoms with Crippen LogP contribution in [0.5, 0.6) is 0 Å². The minimum Gasteiger partial charge on any atom is -0.343 e. The van der Waals surface area contributed by atoms with Gasteiger partial charge < -0.3 is 9.80 Å². The quantitative estimate of drug-likeness (QED) is 0.213. The van der Waals surface area contributed by atoms with Crippen LogP contribution >= 0.6 is 11.6 Å². The molecule has 10 heteroatoms. The van der Waals surface area contributed by atoms with Crippen LogP contribution in [0.2, 0.25) is 5.02 Å². The number of halogens is 2. The van der Waals surface area contributed by atoms with Crippen LogP contribution in [0.4, 0.5) is 4.39 Å². The summed E-state index contributed by atoms with van der Waals surface area (Å²) in [6, 6.07) is 11.8. The molecule has 0 radical (unpaired) electrons. The first-order chi connectivity index (χ1) is 20.0. The largest absolute Gasteiger partial charge is 0.343 e. The SMILES string of the molecule is CCCCCCCC(=O)N1CCC(N(Cc2ccc(F)cc2)C(=O)CN(CC(C)C)S(=O)(=O)c2ccc(Cl)cc2)CC1. The zero-order valence-corrected chi connectivity index (χ0v) is 26.7. The Kier molecular flexibility index (Phi) is 13.3. The summed E-state index contributed by atoms with van der Waals surface area (Å²) < 4.78 is 42.0. The molecule has 1 saturated heterocycles. The Morgan fingerprint density at radius 1 is 0.976 bits per heavy atom. The molecule has 0 saturated carbocycles. The Balaban J connectivity index is 1.75. The maximum atomic E-state index is 13.9. The summed E-state index contributed by atoms with van der Waals surface area (Å²) >= 11 is 5.98. The summed E-state index contributed by atoms with van der Waals surface area (Å²) in [5, 5.41) is 0.423. The molecule has 0 atom stereocenters. The van der Waals surface area contributed by atoms with Crippen molar-refractivity contribution in [3.05, 3.63) is 64.9 Å². The van der Waals surface area contributed by atoms with Crippen LogP contribution < -0.4 is 0 Å². The fourth-order valence-corrected chi connectivity index (χ4v) is 7.00. The van der Waals surface area contributed by atoms with E-state index in [1.165, 1.54) is 47.1 Å². The molecule has 0 unspecified atom stereocenters. The molecule has 1 heterocycles. The standard InChI is InChI=1S/C32H45ClFN3O4S/c1-4-5-6-7-8-9-31(38)35-20-18-29(19-21-35)37(23-26-10-14-28(34)15-11-26)32(39)24-36(22-25(2)3)42(40,41)30-16-12-27(33)13-17-30/h10-17,25,29H,4-9,18-24H2,1-3H3. The number of nitrogens with zero attached hydrogens (tertiary/aromatic N) is 3. The van der Waals surface area contributed by atoms with Crippen molar-refractivity contribution in [1.82, 2.24) is 14.1 Å². The van der Waals surface area contributed by atoms with Crippen molar-refractivity contribution in [2.45, 2.75) is 89.6 Å². The van der Waals surface area contributed by atoms with E-state index in [-0.39, 0.29) is 54.1 Å². The fraction of sp³-hybridized carbons (Fsp3) is 0.562. The predicted octanol–water partition coefficient (Wildman–Crippen LogP) is 6.51. The van der Waals surface area contributed by atoms with Gasteiger partial charge in [0.1, 0.15) is 5.82 Å². The van der Waals surface area contributed by atoms with Gasteiger partial charge in [0, 0.05) is 43.7 Å². The number of hydrogen-bond donors (Lipinski definition) is 0. The van der Waals surface area contributed by atoms with Gasteiger partial charge in [-0.2, -0.15) is 4.31 Å². The fourth-order valence-electron chi connectivity index (χ4n) is 5.32. The number of piperidine rings is 1. The topological polar surface area (TPSA) is 78.0 Å². The lowest BCUT2D eigenvalue weighted by Crippen LogP contribution is -2.51. The van der Waals surface area contributed by atoms with Gasteiger partial charge in [0.15, 0.2) is 0 Å². The molecule has 0 bridgehead atoms. The summed E-state index contributed by atoms with van der Waals surface area (Å²) in [6.07, 6.45) is 7.19. The predicted molar refractivity (Wildman–Crippen MR) is 165 cm³/mol. The second kappa shape index (κ2) is 16.4. The molecular weight excluding hydrogens is 577 g/mol. The normalized spacial score (nSPS) is 14.5. The number of carbonyl (C=O) groups is 2. The lowest BCUT2D eigenvalue weighted by molar-refractivity contribution is -0.137. The van der Waals surface area contributed by atoms with Crippen LogP contribution in [0.1, 0.15) is 77.7 Å². The van der Waals surface area contributed by atoms with Crippen molar-refractivity contribution in [3.63, 3.8) is 0 Å². The third-order valence-corrected chi connectivity index (χ3v) is 9.75. The Hall–Kier alpha value is -2.49. The van der Waals surface area contributed by atoms with Crippen LogP contribution in [0.25, 0.3) is 0 Å². The van der Waals surface area contributed by atoms with Gasteiger partial charge in [0.05, 0.1) is 11.4 Å². The maximum absolute atomic E-state index is 13.9. The van der Waals surface area contributed by atoms with E-state index < -0.39 is 10.0 Å². The van der Waals surface area contributed by atoms with Crippen molar-refractivity contribution in [2.75, 3.05) is 26.2 Å². The highest BCUT2D eigenvalue weighted by atomic mass is 35.5. The van der Waals surface area contributed by atoms with Crippen molar-refractivity contribution >= 4 is 33.4 Å². The van der Waals surface area contributed by atoms with Gasteiger partial charge in [-0.3, -0.25) is 9.59 Å². The minimum atomic E-state index is -3.96. The van der Waals surface area contributed by atoms with Gasteiger partial charge in [-0.15, -0.1) is 0 Å². The number of unbranched alkanes of at least 4 members (excludes halogenated alkanes) is 4. The monoisotopic (exact) mass is 621 g/mol. The minimum absolute atomic E-state index is 0.0124. The Labute approximate surface area is 256 Å². The average molecular weight is 622 g/mol. The molecule has 0 spiro atoms. The van der Waals surface area contributed by atoms with Crippen LogP contribution in [0.15, 0.2) is 53.4 Å². The van der Waals surface area contributed by atoms with Gasteiger partial charge in [-0.25, -0.2) is 12.8 Å². The molecule has 42 heavy (non-hydrogen) atoms. The highest BCUT2D eigenvalue weighted by Gasteiger charge is 2.33. The molecule has 2 aromatic rings. The Morgan fingerprint density at radius 2 is 1.60 bits per heavy atom. The molecular formula is C32H45ClFN3O4S. The smallest absolute Gasteiger partial charge is 0.243 e. The first-order valence-electron chi connectivity index (χ1n) is 15.1. The van der Waals surface area contributed by atoms with Gasteiger partial charge in [0.25, 0.3) is 0 Å². The van der Waals surface area contributed by atoms with E-state index in [9.17, 15) is 22.4 Å². The third kappa shape index (κ3) is 10.1. The molecule has 2 amide bonds. The van der Waals surface area contributed by atoms with Gasteiger partial charge in [-0.1, -0.05) is 70.2 Å². The number of likely N-dealkylation sites (tertiary alicyclic amines) is 1. The number of rotatable bonds is 15. The molecule has 1 aliphatic heterocycles. The zero-order chi connectivity index (χ0) is 30.7. The number of hydrogen-bond acceptors (Lipinski definition) is 4. The molecule has 1 aliphatic rings. The van der Waals surface area contributed by atoms with Crippen LogP contribution in [0, 0.1) is 11.7 Å². The average Bonchev–Trinajstić information content (AvgIpc) is 2.96. The number of sulfonamides is 1. The van der Waals surface area contributed by atoms with E-state index in [1.807, 2.05) is 18.7 Å². The first kappa shape index (κ1) is 34.0. The van der Waals surface area contributed by atoms with E-state index in [4.69, 9.17) is 11.6 Å². The van der Waals surface area contributed by atoms with Crippen LogP contribution in [-0.2, 0) is 26.2 Å². The molecule has 0 aliphatic carbocycles. The van der Waals surface area contributed by atoms with E-state index in [1.54, 1.807) is 17.0 Å². The molecule has 0 N–H and O–H groups in total. The van der Waals surface area contributed by atoms with Crippen molar-refractivity contribution in [3.8, 4) is 0 Å². The molecule has 2 aromatic carbocycles. The molecule has 7 nitrogen and oxygen atoms in total. The first-order valence-corrected chi connectivity index (χ1v) is 16.9. The lowest BCUT2D eigenvalue weighted by atomic mass is 10.0. The van der Waals surface area contributed by atoms with Gasteiger partial charge >= 0.3 is 0 Å². The second-order valence-electron chi connectivity index (χ2n) is 11.6. The highest BCUT2D eigenvalue weighted by molar-refractivity contribution is 7.89. The summed E-state index contributed by atoms with van der Waals surface area (Å²) in [7, 11) is -3.96. The van der Waals surface area contributed by atoms with Gasteiger partial charge in [-0.05, 0) is 67.1 Å². The number of benzene rings is 2. The van der Waals surface area contributed by atoms with E-state index in [0.29, 0.717) is 37.4 Å². The summed E-state index contributed by atoms with van der Waals surface area (Å²) in [5.74, 6) is -0.548. The molecule has 0 aromatic heterocycles. The molecule has 1 fully saturated rings. The Morgan fingerprint density at radius 3 is 2.19 bits per heavy atom. The van der Waals surface area contributed by atoms with Crippen LogP contribution in [-0.4, -0.2) is 66.6 Å². The summed E-state index contributed by atoms with van der Waals surface area (Å²) in [6.45, 7) is 7.15. The number of carbonyl (C=O) groups excluding carboxylic acids is 2. The van der Waals surface area contributed by atoms with E-state index >= 15 is 0 Å². The molecule has 232 valence electrons. The zero-order valence-electron chi connectivity index (χ0n) is 25.1. The van der Waals surface area contributed by atoms with Crippen LogP contribution in [0.3, 0.4) is 0 Å². The summed E-state index contributed by atoms with van der Waals surface area (Å²) in [5.41, 5.74) is 0.756. The van der Waals surface area contributed by atoms with Crippen molar-refractivity contribution in [1.29, 1.82) is 0 Å². The number of amides is 2. The maximum Gasteiger partial charge on any atom is 0.243 e. The highest BCUT2D eigenvalue weighted by Crippen LogP contribution is 2.24. The Bertz CT molecular complexity index is 1250. The molecule has 3 rings (SSSR count). The second-order valence-corrected chi connectivity index (χ2v) is 13.9.